The Morgan fingerprint density at radius 2 is 1.47 bits per heavy atom. The average molecular weight is 391 g/mol. The molecule has 30 heavy (non-hydrogen) atoms. The fourth-order valence-corrected chi connectivity index (χ4v) is 3.95. The molecule has 0 nitrogen and oxygen atoms in total. The fourth-order valence-electron chi connectivity index (χ4n) is 3.95. The van der Waals surface area contributed by atoms with Crippen LogP contribution in [0.5, 0.6) is 0 Å². The highest BCUT2D eigenvalue weighted by atomic mass is 14.3. The standard InChI is InChI=1S/C30H30/c1-3-5-7-23-8-10-24(11-9-23)12-13-25-14-17-27(18-15-25)29-21-16-26(6-4-2)22-30(29)28-19-20-28/h3,8-11,14-18,21-22,28H,1,4-7,19-20H2,2H3. The lowest BCUT2D eigenvalue weighted by atomic mass is 9.93. The first-order valence-corrected chi connectivity index (χ1v) is 11.2. The number of benzene rings is 3. The van der Waals surface area contributed by atoms with Gasteiger partial charge in [-0.25, -0.2) is 0 Å². The zero-order chi connectivity index (χ0) is 20.8. The maximum absolute atomic E-state index is 3.79. The van der Waals surface area contributed by atoms with E-state index < -0.39 is 0 Å². The largest absolute Gasteiger partial charge is 0.103 e. The van der Waals surface area contributed by atoms with E-state index in [0.717, 1.165) is 29.9 Å². The number of rotatable bonds is 7. The second kappa shape index (κ2) is 9.64. The van der Waals surface area contributed by atoms with Crippen LogP contribution in [0, 0.1) is 11.8 Å². The molecule has 150 valence electrons. The van der Waals surface area contributed by atoms with Gasteiger partial charge in [-0.2, -0.15) is 0 Å². The van der Waals surface area contributed by atoms with Gasteiger partial charge in [0.1, 0.15) is 0 Å². The molecule has 0 radical (unpaired) electrons. The van der Waals surface area contributed by atoms with Crippen molar-refractivity contribution in [3.8, 4) is 23.0 Å². The normalized spacial score (nSPS) is 12.8. The molecule has 0 bridgehead atoms. The summed E-state index contributed by atoms with van der Waals surface area (Å²) >= 11 is 0. The molecule has 0 heteroatoms. The molecule has 0 N–H and O–H groups in total. The summed E-state index contributed by atoms with van der Waals surface area (Å²) in [4.78, 5) is 0. The van der Waals surface area contributed by atoms with E-state index in [9.17, 15) is 0 Å². The molecule has 0 atom stereocenters. The van der Waals surface area contributed by atoms with Gasteiger partial charge in [-0.3, -0.25) is 0 Å². The van der Waals surface area contributed by atoms with E-state index in [-0.39, 0.29) is 0 Å². The Balaban J connectivity index is 1.50. The topological polar surface area (TPSA) is 0 Å². The quantitative estimate of drug-likeness (QED) is 0.286. The lowest BCUT2D eigenvalue weighted by Crippen LogP contribution is -1.92. The first-order chi connectivity index (χ1) is 14.8. The molecule has 0 aliphatic heterocycles. The zero-order valence-electron chi connectivity index (χ0n) is 18.0. The molecule has 0 spiro atoms. The van der Waals surface area contributed by atoms with Crippen molar-refractivity contribution in [2.45, 2.75) is 51.4 Å². The van der Waals surface area contributed by atoms with Gasteiger partial charge in [-0.15, -0.1) is 6.58 Å². The van der Waals surface area contributed by atoms with E-state index >= 15 is 0 Å². The molecule has 3 aromatic rings. The SMILES string of the molecule is C=CCCc1ccc(C#Cc2ccc(-c3ccc(CCC)cc3C3CC3)cc2)cc1. The van der Waals surface area contributed by atoms with Crippen molar-refractivity contribution in [2.75, 3.05) is 0 Å². The van der Waals surface area contributed by atoms with Crippen LogP contribution in [0.1, 0.15) is 66.3 Å². The summed E-state index contributed by atoms with van der Waals surface area (Å²) in [5, 5.41) is 0. The van der Waals surface area contributed by atoms with Crippen molar-refractivity contribution in [3.63, 3.8) is 0 Å². The molecule has 1 aliphatic carbocycles. The van der Waals surface area contributed by atoms with Gasteiger partial charge in [0.25, 0.3) is 0 Å². The molecule has 0 aromatic heterocycles. The van der Waals surface area contributed by atoms with Crippen LogP contribution >= 0.6 is 0 Å². The van der Waals surface area contributed by atoms with Crippen LogP contribution in [-0.4, -0.2) is 0 Å². The van der Waals surface area contributed by atoms with Gasteiger partial charge in [0, 0.05) is 11.1 Å². The Morgan fingerprint density at radius 3 is 2.07 bits per heavy atom. The van der Waals surface area contributed by atoms with Crippen LogP contribution in [0.4, 0.5) is 0 Å². The second-order valence-electron chi connectivity index (χ2n) is 8.30. The lowest BCUT2D eigenvalue weighted by Gasteiger charge is -2.12. The van der Waals surface area contributed by atoms with Crippen LogP contribution in [0.15, 0.2) is 79.4 Å². The number of hydrogen-bond acceptors (Lipinski definition) is 0. The minimum atomic E-state index is 0.755. The van der Waals surface area contributed by atoms with E-state index in [2.05, 4.69) is 92.1 Å². The van der Waals surface area contributed by atoms with Gasteiger partial charge >= 0.3 is 0 Å². The van der Waals surface area contributed by atoms with Crippen LogP contribution in [-0.2, 0) is 12.8 Å². The predicted molar refractivity (Wildman–Crippen MR) is 129 cm³/mol. The third-order valence-corrected chi connectivity index (χ3v) is 5.81. The molecule has 0 amide bonds. The zero-order valence-corrected chi connectivity index (χ0v) is 18.0. The van der Waals surface area contributed by atoms with Crippen LogP contribution < -0.4 is 0 Å². The van der Waals surface area contributed by atoms with E-state index in [1.54, 1.807) is 0 Å². The third-order valence-electron chi connectivity index (χ3n) is 5.81. The third kappa shape index (κ3) is 5.11. The highest BCUT2D eigenvalue weighted by Gasteiger charge is 2.26. The van der Waals surface area contributed by atoms with Gasteiger partial charge in [-0.1, -0.05) is 73.7 Å². The molecule has 0 saturated heterocycles. The van der Waals surface area contributed by atoms with Crippen LogP contribution in [0.3, 0.4) is 0 Å². The van der Waals surface area contributed by atoms with E-state index in [1.165, 1.54) is 53.5 Å². The van der Waals surface area contributed by atoms with Gasteiger partial charge < -0.3 is 0 Å². The first kappa shape index (κ1) is 20.2. The summed E-state index contributed by atoms with van der Waals surface area (Å²) in [6, 6.07) is 24.4. The molecular formula is C30H30. The Hall–Kier alpha value is -3.04. The maximum atomic E-state index is 3.79. The molecule has 4 rings (SSSR count). The summed E-state index contributed by atoms with van der Waals surface area (Å²) in [6.45, 7) is 6.04. The number of allylic oxidation sites excluding steroid dienone is 1. The Labute approximate surface area is 181 Å². The van der Waals surface area contributed by atoms with Crippen LogP contribution in [0.25, 0.3) is 11.1 Å². The molecule has 3 aromatic carbocycles. The minimum absolute atomic E-state index is 0.755. The first-order valence-electron chi connectivity index (χ1n) is 11.2. The van der Waals surface area contributed by atoms with Crippen LogP contribution in [0.2, 0.25) is 0 Å². The van der Waals surface area contributed by atoms with E-state index in [4.69, 9.17) is 0 Å². The Kier molecular flexibility index (Phi) is 6.50. The molecule has 0 unspecified atom stereocenters. The van der Waals surface area contributed by atoms with Gasteiger partial charge in [0.15, 0.2) is 0 Å². The highest BCUT2D eigenvalue weighted by molar-refractivity contribution is 5.70. The van der Waals surface area contributed by atoms with Gasteiger partial charge in [0.2, 0.25) is 0 Å². The summed E-state index contributed by atoms with van der Waals surface area (Å²) in [5.74, 6) is 7.36. The maximum Gasteiger partial charge on any atom is 0.0249 e. The lowest BCUT2D eigenvalue weighted by molar-refractivity contribution is 0.917. The number of hydrogen-bond donors (Lipinski definition) is 0. The number of aryl methyl sites for hydroxylation is 2. The molecule has 1 fully saturated rings. The fraction of sp³-hybridized carbons (Fsp3) is 0.267. The summed E-state index contributed by atoms with van der Waals surface area (Å²) in [5.41, 5.74) is 9.16. The molecule has 0 heterocycles. The van der Waals surface area contributed by atoms with Crippen molar-refractivity contribution in [3.05, 3.63) is 107 Å². The Bertz CT molecular complexity index is 1050. The highest BCUT2D eigenvalue weighted by Crippen LogP contribution is 2.44. The average Bonchev–Trinajstić information content (AvgIpc) is 3.63. The summed E-state index contributed by atoms with van der Waals surface area (Å²) in [7, 11) is 0. The van der Waals surface area contributed by atoms with Crippen molar-refractivity contribution in [2.24, 2.45) is 0 Å². The van der Waals surface area contributed by atoms with Crippen molar-refractivity contribution in [1.29, 1.82) is 0 Å². The summed E-state index contributed by atoms with van der Waals surface area (Å²) in [6.07, 6.45) is 9.06. The molecule has 1 saturated carbocycles. The van der Waals surface area contributed by atoms with E-state index in [1.807, 2.05) is 6.08 Å². The smallest absolute Gasteiger partial charge is 0.0249 e. The van der Waals surface area contributed by atoms with Gasteiger partial charge in [-0.05, 0) is 90.1 Å². The second-order valence-corrected chi connectivity index (χ2v) is 8.30. The summed E-state index contributed by atoms with van der Waals surface area (Å²) < 4.78 is 0. The molecular weight excluding hydrogens is 360 g/mol. The predicted octanol–water partition coefficient (Wildman–Crippen LogP) is 7.70. The van der Waals surface area contributed by atoms with E-state index in [0.29, 0.717) is 0 Å². The monoisotopic (exact) mass is 390 g/mol. The van der Waals surface area contributed by atoms with Crippen molar-refractivity contribution >= 4 is 0 Å². The Morgan fingerprint density at radius 1 is 0.833 bits per heavy atom. The molecule has 1 aliphatic rings. The van der Waals surface area contributed by atoms with Gasteiger partial charge in [0.05, 0.1) is 0 Å². The van der Waals surface area contributed by atoms with Crippen molar-refractivity contribution < 1.29 is 0 Å². The minimum Gasteiger partial charge on any atom is -0.103 e. The van der Waals surface area contributed by atoms with Crippen molar-refractivity contribution in [1.82, 2.24) is 0 Å².